The fourth-order valence-electron chi connectivity index (χ4n) is 2.48. The van der Waals surface area contributed by atoms with E-state index < -0.39 is 10.7 Å². The molecule has 1 atom stereocenters. The van der Waals surface area contributed by atoms with E-state index in [9.17, 15) is 18.9 Å². The van der Waals surface area contributed by atoms with Crippen molar-refractivity contribution in [2.24, 2.45) is 0 Å². The van der Waals surface area contributed by atoms with Crippen molar-refractivity contribution in [3.63, 3.8) is 0 Å². The zero-order chi connectivity index (χ0) is 15.7. The van der Waals surface area contributed by atoms with Gasteiger partial charge in [0.1, 0.15) is 17.3 Å². The summed E-state index contributed by atoms with van der Waals surface area (Å²) >= 11 is 1.62. The van der Waals surface area contributed by atoms with Crippen molar-refractivity contribution in [1.29, 1.82) is 0 Å². The molecule has 0 fully saturated rings. The minimum absolute atomic E-state index is 0.235. The monoisotopic (exact) mass is 322 g/mol. The van der Waals surface area contributed by atoms with E-state index in [2.05, 4.69) is 5.32 Å². The fourth-order valence-corrected chi connectivity index (χ4v) is 3.59. The number of nitrogens with one attached hydrogen (secondary N) is 1. The second-order valence-electron chi connectivity index (χ2n) is 4.93. The molecule has 7 heteroatoms. The molecule has 0 saturated heterocycles. The largest absolute Gasteiger partial charge is 0.373 e. The van der Waals surface area contributed by atoms with Crippen LogP contribution in [0.25, 0.3) is 0 Å². The lowest BCUT2D eigenvalue weighted by Gasteiger charge is -2.26. The number of thioether (sulfide) groups is 1. The normalized spacial score (nSPS) is 16.9. The first-order valence-corrected chi connectivity index (χ1v) is 7.66. The standard InChI is InChI=1S/C15H12F2N2O2S/c16-9-2-4-15-11(7-9)12(5-6-22-15)18-13-3-1-10(17)8-14(13)19(20)21/h1-4,7-8,12,18H,5-6H2. The molecule has 1 aliphatic rings. The van der Waals surface area contributed by atoms with E-state index in [1.54, 1.807) is 17.8 Å². The number of hydrogen-bond acceptors (Lipinski definition) is 4. The summed E-state index contributed by atoms with van der Waals surface area (Å²) in [6, 6.07) is 7.70. The summed E-state index contributed by atoms with van der Waals surface area (Å²) in [5.41, 5.74) is 0.685. The van der Waals surface area contributed by atoms with Crippen LogP contribution in [0.15, 0.2) is 41.3 Å². The predicted molar refractivity (Wildman–Crippen MR) is 81.2 cm³/mol. The molecule has 2 aromatic rings. The summed E-state index contributed by atoms with van der Waals surface area (Å²) in [5, 5.41) is 14.1. The molecule has 1 unspecified atom stereocenters. The van der Waals surface area contributed by atoms with Gasteiger partial charge in [0, 0.05) is 10.6 Å². The van der Waals surface area contributed by atoms with Crippen molar-refractivity contribution >= 4 is 23.1 Å². The first kappa shape index (κ1) is 14.8. The van der Waals surface area contributed by atoms with Crippen LogP contribution in [-0.4, -0.2) is 10.7 Å². The average Bonchev–Trinajstić information content (AvgIpc) is 2.49. The third-order valence-corrected chi connectivity index (χ3v) is 4.62. The second kappa shape index (κ2) is 5.92. The minimum Gasteiger partial charge on any atom is -0.373 e. The van der Waals surface area contributed by atoms with Crippen LogP contribution in [-0.2, 0) is 0 Å². The number of benzene rings is 2. The molecule has 0 saturated carbocycles. The zero-order valence-corrected chi connectivity index (χ0v) is 12.2. The molecule has 1 heterocycles. The molecule has 0 aromatic heterocycles. The van der Waals surface area contributed by atoms with E-state index in [-0.39, 0.29) is 23.2 Å². The number of rotatable bonds is 3. The Kier molecular flexibility index (Phi) is 3.98. The molecule has 114 valence electrons. The van der Waals surface area contributed by atoms with Gasteiger partial charge in [-0.3, -0.25) is 10.1 Å². The van der Waals surface area contributed by atoms with Crippen molar-refractivity contribution in [3.8, 4) is 0 Å². The van der Waals surface area contributed by atoms with Crippen molar-refractivity contribution in [2.45, 2.75) is 17.4 Å². The lowest BCUT2D eigenvalue weighted by Crippen LogP contribution is -2.17. The summed E-state index contributed by atoms with van der Waals surface area (Å²) in [4.78, 5) is 11.4. The van der Waals surface area contributed by atoms with Gasteiger partial charge in [-0.1, -0.05) is 0 Å². The van der Waals surface area contributed by atoms with Crippen LogP contribution in [0.1, 0.15) is 18.0 Å². The first-order chi connectivity index (χ1) is 10.5. The Morgan fingerprint density at radius 3 is 2.68 bits per heavy atom. The summed E-state index contributed by atoms with van der Waals surface area (Å²) in [6.07, 6.45) is 0.704. The van der Waals surface area contributed by atoms with E-state index in [0.29, 0.717) is 6.42 Å². The zero-order valence-electron chi connectivity index (χ0n) is 11.4. The predicted octanol–water partition coefficient (Wildman–Crippen LogP) is 4.52. The van der Waals surface area contributed by atoms with Gasteiger partial charge in [-0.05, 0) is 42.3 Å². The maximum absolute atomic E-state index is 13.5. The molecule has 1 N–H and O–H groups in total. The van der Waals surface area contributed by atoms with Crippen molar-refractivity contribution in [1.82, 2.24) is 0 Å². The van der Waals surface area contributed by atoms with Gasteiger partial charge in [-0.2, -0.15) is 0 Å². The van der Waals surface area contributed by atoms with Gasteiger partial charge in [0.05, 0.1) is 17.0 Å². The molecular weight excluding hydrogens is 310 g/mol. The Bertz CT molecular complexity index is 739. The highest BCUT2D eigenvalue weighted by molar-refractivity contribution is 7.99. The fraction of sp³-hybridized carbons (Fsp3) is 0.200. The molecule has 0 amide bonds. The first-order valence-electron chi connectivity index (χ1n) is 6.67. The molecule has 4 nitrogen and oxygen atoms in total. The summed E-state index contributed by atoms with van der Waals surface area (Å²) in [5.74, 6) is -0.185. The van der Waals surface area contributed by atoms with E-state index in [1.807, 2.05) is 0 Å². The smallest absolute Gasteiger partial charge is 0.295 e. The molecular formula is C15H12F2N2O2S. The van der Waals surface area contributed by atoms with Crippen LogP contribution < -0.4 is 5.32 Å². The Hall–Kier alpha value is -2.15. The minimum atomic E-state index is -0.664. The molecule has 0 aliphatic carbocycles. The molecule has 3 rings (SSSR count). The van der Waals surface area contributed by atoms with E-state index in [1.165, 1.54) is 24.3 Å². The van der Waals surface area contributed by atoms with Crippen LogP contribution in [0.5, 0.6) is 0 Å². The van der Waals surface area contributed by atoms with E-state index in [0.717, 1.165) is 22.3 Å². The number of anilines is 1. The SMILES string of the molecule is O=[N+]([O-])c1cc(F)ccc1NC1CCSc2ccc(F)cc21. The van der Waals surface area contributed by atoms with Gasteiger partial charge in [0.25, 0.3) is 5.69 Å². The highest BCUT2D eigenvalue weighted by Gasteiger charge is 2.24. The number of nitro benzene ring substituents is 1. The topological polar surface area (TPSA) is 55.2 Å². The van der Waals surface area contributed by atoms with Crippen LogP contribution in [0, 0.1) is 21.7 Å². The van der Waals surface area contributed by atoms with Gasteiger partial charge < -0.3 is 5.32 Å². The van der Waals surface area contributed by atoms with E-state index >= 15 is 0 Å². The van der Waals surface area contributed by atoms with Crippen LogP contribution >= 0.6 is 11.8 Å². The number of halogens is 2. The Balaban J connectivity index is 1.95. The molecule has 2 aromatic carbocycles. The highest BCUT2D eigenvalue weighted by atomic mass is 32.2. The highest BCUT2D eigenvalue weighted by Crippen LogP contribution is 2.39. The molecule has 1 aliphatic heterocycles. The maximum atomic E-state index is 13.5. The van der Waals surface area contributed by atoms with Gasteiger partial charge in [0.2, 0.25) is 0 Å². The molecule has 0 spiro atoms. The summed E-state index contributed by atoms with van der Waals surface area (Å²) < 4.78 is 26.7. The quantitative estimate of drug-likeness (QED) is 0.667. The van der Waals surface area contributed by atoms with Gasteiger partial charge in [0.15, 0.2) is 0 Å². The van der Waals surface area contributed by atoms with E-state index in [4.69, 9.17) is 0 Å². The Labute approximate surface area is 129 Å². The van der Waals surface area contributed by atoms with Crippen LogP contribution in [0.3, 0.4) is 0 Å². The van der Waals surface area contributed by atoms with Gasteiger partial charge >= 0.3 is 0 Å². The van der Waals surface area contributed by atoms with Crippen molar-refractivity contribution in [2.75, 3.05) is 11.1 Å². The number of hydrogen-bond donors (Lipinski definition) is 1. The Morgan fingerprint density at radius 2 is 1.91 bits per heavy atom. The van der Waals surface area contributed by atoms with Gasteiger partial charge in [-0.15, -0.1) is 11.8 Å². The lowest BCUT2D eigenvalue weighted by molar-refractivity contribution is -0.384. The Morgan fingerprint density at radius 1 is 1.18 bits per heavy atom. The lowest BCUT2D eigenvalue weighted by atomic mass is 10.0. The maximum Gasteiger partial charge on any atom is 0.295 e. The molecule has 22 heavy (non-hydrogen) atoms. The third-order valence-electron chi connectivity index (χ3n) is 3.50. The van der Waals surface area contributed by atoms with Gasteiger partial charge in [-0.25, -0.2) is 8.78 Å². The molecule has 0 radical (unpaired) electrons. The second-order valence-corrected chi connectivity index (χ2v) is 6.07. The van der Waals surface area contributed by atoms with Crippen molar-refractivity contribution in [3.05, 3.63) is 63.7 Å². The van der Waals surface area contributed by atoms with Crippen LogP contribution in [0.4, 0.5) is 20.2 Å². The number of nitro groups is 1. The summed E-state index contributed by atoms with van der Waals surface area (Å²) in [6.45, 7) is 0. The number of fused-ring (bicyclic) bond motifs is 1. The summed E-state index contributed by atoms with van der Waals surface area (Å²) in [7, 11) is 0. The van der Waals surface area contributed by atoms with Crippen LogP contribution in [0.2, 0.25) is 0 Å². The third kappa shape index (κ3) is 2.89. The molecule has 0 bridgehead atoms. The average molecular weight is 322 g/mol. The number of nitrogens with zero attached hydrogens (tertiary/aromatic N) is 1. The van der Waals surface area contributed by atoms with Crippen molar-refractivity contribution < 1.29 is 13.7 Å².